The Hall–Kier alpha value is -3.96. The van der Waals surface area contributed by atoms with E-state index in [9.17, 15) is 26.7 Å². The highest BCUT2D eigenvalue weighted by molar-refractivity contribution is 5.99. The summed E-state index contributed by atoms with van der Waals surface area (Å²) in [5, 5.41) is 3.64. The summed E-state index contributed by atoms with van der Waals surface area (Å²) in [6.07, 6.45) is -4.71. The largest absolute Gasteiger partial charge is 0.434 e. The molecule has 200 valence electrons. The predicted molar refractivity (Wildman–Crippen MR) is 134 cm³/mol. The van der Waals surface area contributed by atoms with E-state index in [1.807, 2.05) is 13.0 Å². The number of nitrogens with one attached hydrogen (secondary N) is 1. The van der Waals surface area contributed by atoms with Crippen molar-refractivity contribution in [3.63, 3.8) is 0 Å². The summed E-state index contributed by atoms with van der Waals surface area (Å²) < 4.78 is 70.0. The van der Waals surface area contributed by atoms with Crippen molar-refractivity contribution in [1.29, 1.82) is 0 Å². The molecule has 0 radical (unpaired) electrons. The molecule has 38 heavy (non-hydrogen) atoms. The number of primary amides is 1. The lowest BCUT2D eigenvalue weighted by Crippen LogP contribution is -2.40. The van der Waals surface area contributed by atoms with Crippen molar-refractivity contribution in [3.8, 4) is 0 Å². The lowest BCUT2D eigenvalue weighted by molar-refractivity contribution is -0.140. The summed E-state index contributed by atoms with van der Waals surface area (Å²) in [4.78, 5) is 22.1. The summed E-state index contributed by atoms with van der Waals surface area (Å²) in [5.41, 5.74) is 7.00. The van der Waals surface area contributed by atoms with Crippen LogP contribution in [0.5, 0.6) is 0 Å². The zero-order valence-corrected chi connectivity index (χ0v) is 20.6. The topological polar surface area (TPSA) is 88.5 Å². The van der Waals surface area contributed by atoms with Crippen LogP contribution in [-0.2, 0) is 6.18 Å². The van der Waals surface area contributed by atoms with Crippen molar-refractivity contribution in [1.82, 2.24) is 14.4 Å². The molecule has 0 bridgehead atoms. The van der Waals surface area contributed by atoms with E-state index in [4.69, 9.17) is 10.7 Å². The molecule has 0 saturated carbocycles. The molecule has 3 heterocycles. The molecule has 0 spiro atoms. The quantitative estimate of drug-likeness (QED) is 0.321. The summed E-state index contributed by atoms with van der Waals surface area (Å²) >= 11 is 0. The average molecular weight is 533 g/mol. The van der Waals surface area contributed by atoms with Crippen molar-refractivity contribution < 1.29 is 26.7 Å². The molecule has 3 N–H and O–H groups in total. The van der Waals surface area contributed by atoms with Crippen molar-refractivity contribution in [2.45, 2.75) is 44.8 Å². The van der Waals surface area contributed by atoms with Gasteiger partial charge in [-0.25, -0.2) is 18.7 Å². The normalized spacial score (nSPS) is 16.7. The molecular weight excluding hydrogens is 507 g/mol. The minimum Gasteiger partial charge on any atom is -0.378 e. The Kier molecular flexibility index (Phi) is 6.15. The van der Waals surface area contributed by atoms with Crippen molar-refractivity contribution in [2.24, 2.45) is 5.73 Å². The maximum absolute atomic E-state index is 13.9. The minimum atomic E-state index is -4.70. The number of imidazole rings is 1. The van der Waals surface area contributed by atoms with Crippen LogP contribution in [0, 0.1) is 6.92 Å². The molecule has 2 aromatic carbocycles. The van der Waals surface area contributed by atoms with Crippen molar-refractivity contribution in [3.05, 3.63) is 65.0 Å². The monoisotopic (exact) mass is 532 g/mol. The van der Waals surface area contributed by atoms with Gasteiger partial charge in [0.05, 0.1) is 17.1 Å². The summed E-state index contributed by atoms with van der Waals surface area (Å²) in [6, 6.07) is 9.80. The average Bonchev–Trinajstić information content (AvgIpc) is 3.30. The van der Waals surface area contributed by atoms with Crippen molar-refractivity contribution >= 4 is 34.1 Å². The molecule has 1 amide bonds. The molecule has 4 aromatic rings. The molecule has 7 nitrogen and oxygen atoms in total. The van der Waals surface area contributed by atoms with Crippen LogP contribution < -0.4 is 16.0 Å². The molecule has 1 saturated heterocycles. The van der Waals surface area contributed by atoms with Crippen LogP contribution >= 0.6 is 0 Å². The molecule has 1 atom stereocenters. The van der Waals surface area contributed by atoms with Crippen molar-refractivity contribution in [2.75, 3.05) is 23.3 Å². The van der Waals surface area contributed by atoms with Gasteiger partial charge in [0.1, 0.15) is 5.65 Å². The third-order valence-corrected chi connectivity index (χ3v) is 6.76. The maximum atomic E-state index is 13.9. The number of carbonyl (C=O) groups excluding carboxylic acids is 1. The van der Waals surface area contributed by atoms with Gasteiger partial charge in [-0.3, -0.25) is 9.20 Å². The number of carbonyl (C=O) groups is 1. The van der Waals surface area contributed by atoms with E-state index >= 15 is 0 Å². The molecule has 2 aromatic heterocycles. The molecular formula is C26H25F5N6O. The highest BCUT2D eigenvalue weighted by Gasteiger charge is 2.37. The van der Waals surface area contributed by atoms with Crippen LogP contribution in [0.25, 0.3) is 16.6 Å². The maximum Gasteiger partial charge on any atom is 0.434 e. The zero-order valence-electron chi connectivity index (χ0n) is 20.6. The number of hydrogen-bond donors (Lipinski definition) is 2. The number of halogens is 5. The zero-order chi connectivity index (χ0) is 27.4. The number of aromatic nitrogens is 3. The molecule has 1 aliphatic rings. The molecule has 1 aliphatic heterocycles. The van der Waals surface area contributed by atoms with E-state index in [0.29, 0.717) is 22.2 Å². The van der Waals surface area contributed by atoms with E-state index in [0.717, 1.165) is 11.8 Å². The van der Waals surface area contributed by atoms with Gasteiger partial charge in [-0.15, -0.1) is 0 Å². The second kappa shape index (κ2) is 9.10. The third kappa shape index (κ3) is 4.70. The Balaban J connectivity index is 1.70. The SMILES string of the molecule is Cc1cc([C@@H](C)Nc2ccccc2C(N)=O)c2nc(N3CCC(F)(F)CC3)n3cc(C(F)(F)F)nc3c2c1. The van der Waals surface area contributed by atoms with Gasteiger partial charge < -0.3 is 16.0 Å². The van der Waals surface area contributed by atoms with Gasteiger partial charge in [-0.2, -0.15) is 13.2 Å². The second-order valence-electron chi connectivity index (χ2n) is 9.60. The summed E-state index contributed by atoms with van der Waals surface area (Å²) in [7, 11) is 0. The smallest absolute Gasteiger partial charge is 0.378 e. The number of fused-ring (bicyclic) bond motifs is 3. The van der Waals surface area contributed by atoms with Crippen LogP contribution in [-0.4, -0.2) is 39.3 Å². The van der Waals surface area contributed by atoms with Crippen LogP contribution in [0.3, 0.4) is 0 Å². The number of benzene rings is 2. The van der Waals surface area contributed by atoms with Gasteiger partial charge in [0.15, 0.2) is 5.69 Å². The highest BCUT2D eigenvalue weighted by atomic mass is 19.4. The summed E-state index contributed by atoms with van der Waals surface area (Å²) in [5.74, 6) is -3.34. The molecule has 5 rings (SSSR count). The number of para-hydroxylation sites is 1. The Morgan fingerprint density at radius 1 is 1.13 bits per heavy atom. The number of rotatable bonds is 5. The number of nitrogens with two attached hydrogens (primary N) is 1. The standard InChI is InChI=1S/C26H25F5N6O/c1-14-11-17(15(2)33-19-6-4-3-5-16(19)22(32)38)21-18(12-14)23-34-20(26(29,30)31)13-37(23)24(35-21)36-9-7-25(27,28)8-10-36/h3-6,11-13,15,33H,7-10H2,1-2H3,(H2,32,38)/t15-/m1/s1. The first-order chi connectivity index (χ1) is 17.8. The summed E-state index contributed by atoms with van der Waals surface area (Å²) in [6.45, 7) is 3.49. The fourth-order valence-electron chi connectivity index (χ4n) is 4.84. The Labute approximate surface area is 214 Å². The van der Waals surface area contributed by atoms with Crippen LogP contribution in [0.4, 0.5) is 33.6 Å². The molecule has 0 unspecified atom stereocenters. The molecule has 12 heteroatoms. The highest BCUT2D eigenvalue weighted by Crippen LogP contribution is 2.37. The van der Waals surface area contributed by atoms with Gasteiger partial charge in [0.25, 0.3) is 11.8 Å². The van der Waals surface area contributed by atoms with E-state index in [2.05, 4.69) is 10.3 Å². The number of hydrogen-bond acceptors (Lipinski definition) is 5. The van der Waals surface area contributed by atoms with Crippen LogP contribution in [0.1, 0.15) is 53.0 Å². The number of piperidine rings is 1. The number of nitrogens with zero attached hydrogens (tertiary/aromatic N) is 4. The fraction of sp³-hybridized carbons (Fsp3) is 0.346. The fourth-order valence-corrected chi connectivity index (χ4v) is 4.84. The van der Waals surface area contributed by atoms with E-state index in [1.54, 1.807) is 42.2 Å². The van der Waals surface area contributed by atoms with Gasteiger partial charge in [0, 0.05) is 48.8 Å². The predicted octanol–water partition coefficient (Wildman–Crippen LogP) is 5.72. The lowest BCUT2D eigenvalue weighted by Gasteiger charge is -2.33. The van der Waals surface area contributed by atoms with Crippen LogP contribution in [0.2, 0.25) is 0 Å². The second-order valence-corrected chi connectivity index (χ2v) is 9.60. The van der Waals surface area contributed by atoms with E-state index in [1.165, 1.54) is 4.40 Å². The number of amides is 1. The number of alkyl halides is 5. The lowest BCUT2D eigenvalue weighted by atomic mass is 10.00. The van der Waals surface area contributed by atoms with E-state index < -0.39 is 42.6 Å². The van der Waals surface area contributed by atoms with Crippen LogP contribution in [0.15, 0.2) is 42.6 Å². The third-order valence-electron chi connectivity index (χ3n) is 6.76. The Morgan fingerprint density at radius 3 is 2.47 bits per heavy atom. The Bertz CT molecular complexity index is 1540. The minimum absolute atomic E-state index is 0.0318. The first-order valence-electron chi connectivity index (χ1n) is 12.0. The van der Waals surface area contributed by atoms with E-state index in [-0.39, 0.29) is 30.2 Å². The first-order valence-corrected chi connectivity index (χ1v) is 12.0. The van der Waals surface area contributed by atoms with Gasteiger partial charge >= 0.3 is 6.18 Å². The van der Waals surface area contributed by atoms with Gasteiger partial charge in [-0.1, -0.05) is 18.2 Å². The van der Waals surface area contributed by atoms with Gasteiger partial charge in [0.2, 0.25) is 5.95 Å². The number of aryl methyl sites for hydroxylation is 1. The van der Waals surface area contributed by atoms with Gasteiger partial charge in [-0.05, 0) is 37.6 Å². The first kappa shape index (κ1) is 25.7. The molecule has 1 fully saturated rings. The Morgan fingerprint density at radius 2 is 1.82 bits per heavy atom. The molecule has 0 aliphatic carbocycles. The number of anilines is 2.